The van der Waals surface area contributed by atoms with E-state index in [4.69, 9.17) is 24.5 Å². The van der Waals surface area contributed by atoms with Gasteiger partial charge < -0.3 is 19.9 Å². The van der Waals surface area contributed by atoms with Gasteiger partial charge in [0.2, 0.25) is 0 Å². The average molecular weight is 913 g/mol. The van der Waals surface area contributed by atoms with Crippen LogP contribution in [0.4, 0.5) is 0 Å². The van der Waals surface area contributed by atoms with Crippen LogP contribution in [0.25, 0.3) is 0 Å². The van der Waals surface area contributed by atoms with Gasteiger partial charge in [0.25, 0.3) is 0 Å². The molecule has 362 valence electrons. The minimum Gasteiger partial charge on any atom is -0.510 e. The van der Waals surface area contributed by atoms with Crippen LogP contribution in [-0.2, 0) is 19.1 Å². The van der Waals surface area contributed by atoms with E-state index in [2.05, 4.69) is 80.3 Å². The zero-order valence-corrected chi connectivity index (χ0v) is 43.0. The number of allylic oxidation sites excluding steroid dienone is 12. The van der Waals surface area contributed by atoms with Crippen LogP contribution < -0.4 is 5.32 Å². The lowest BCUT2D eigenvalue weighted by Crippen LogP contribution is -2.26. The Morgan fingerprint density at radius 1 is 0.821 bits per heavy atom. The van der Waals surface area contributed by atoms with Crippen LogP contribution >= 0.6 is 0 Å². The summed E-state index contributed by atoms with van der Waals surface area (Å²) in [6, 6.07) is 0. The highest BCUT2D eigenvalue weighted by molar-refractivity contribution is 6.24. The van der Waals surface area contributed by atoms with Crippen molar-refractivity contribution in [3.05, 3.63) is 116 Å². The molecule has 0 radical (unpaired) electrons. The van der Waals surface area contributed by atoms with E-state index in [1.54, 1.807) is 0 Å². The van der Waals surface area contributed by atoms with Crippen LogP contribution in [0.5, 0.6) is 0 Å². The Bertz CT molecular complexity index is 2360. The maximum atomic E-state index is 14.2. The van der Waals surface area contributed by atoms with Gasteiger partial charge in [0, 0.05) is 46.4 Å². The summed E-state index contributed by atoms with van der Waals surface area (Å²) >= 11 is 0. The number of rotatable bonds is 22. The molecule has 0 aromatic rings. The first-order valence-corrected chi connectivity index (χ1v) is 25.5. The summed E-state index contributed by atoms with van der Waals surface area (Å²) in [6.45, 7) is 30.5. The standard InChI is InChI=1S/C58H80N4O5/c1-14-42-38(10)45-29-47-40(12)44(25-26-51(63)66-28-27-37(9)24-18-23-36(8)22-17-21-35(7)20-16-19-33(3)4)55(61-47)53-54(58(65)67-32-34(5)6)57(64)52-41(13)48(62-56(52)53)31-50-43(15-2)39(11)46(60-50)30-49(42)59-45/h14,27,29-31,33-36,40,44,54,61,64H,1,15-26,28,32H2,2-13H3/b37-27+,47-29?,49-30?,50-31?,55-53?/t35-,36-,40+,44+,54+/m1/s1. The van der Waals surface area contributed by atoms with Crippen LogP contribution in [0.3, 0.4) is 0 Å². The van der Waals surface area contributed by atoms with Gasteiger partial charge in [-0.2, -0.15) is 0 Å². The fourth-order valence-electron chi connectivity index (χ4n) is 10.4. The molecule has 5 aliphatic heterocycles. The molecular weight excluding hydrogens is 833 g/mol. The third kappa shape index (κ3) is 12.0. The molecule has 0 saturated carbocycles. The fourth-order valence-corrected chi connectivity index (χ4v) is 10.4. The second-order valence-electron chi connectivity index (χ2n) is 21.0. The number of nitrogens with one attached hydrogen (secondary N) is 1. The lowest BCUT2D eigenvalue weighted by Gasteiger charge is -2.21. The SMILES string of the molecule is C=CC1=C(C)C2=NC1=CC1=NC(=CC3=C(C)C4=C(O)[C@@H](C(=O)OCC(C)C)C(=C5NC(=C2)[C@@H](C)[C@@H]5CCC(=O)OC/C=C(\C)CCC[C@H](C)CCC[C@H](C)CCCC(C)C)C4=N3)C(CC)=C1C. The maximum Gasteiger partial charge on any atom is 0.321 e. The van der Waals surface area contributed by atoms with Crippen molar-refractivity contribution in [2.45, 2.75) is 160 Å². The molecule has 0 spiro atoms. The highest BCUT2D eigenvalue weighted by atomic mass is 16.5. The zero-order chi connectivity index (χ0) is 48.7. The van der Waals surface area contributed by atoms with Crippen LogP contribution in [0, 0.1) is 41.4 Å². The first-order chi connectivity index (χ1) is 31.9. The van der Waals surface area contributed by atoms with Gasteiger partial charge in [-0.05, 0) is 124 Å². The van der Waals surface area contributed by atoms with Gasteiger partial charge >= 0.3 is 11.9 Å². The molecule has 6 rings (SSSR count). The van der Waals surface area contributed by atoms with Crippen molar-refractivity contribution < 1.29 is 24.2 Å². The molecule has 9 heteroatoms. The lowest BCUT2D eigenvalue weighted by molar-refractivity contribution is -0.147. The van der Waals surface area contributed by atoms with E-state index in [0.717, 1.165) is 99.1 Å². The molecule has 0 unspecified atom stereocenters. The number of esters is 2. The second-order valence-corrected chi connectivity index (χ2v) is 21.0. The van der Waals surface area contributed by atoms with Crippen molar-refractivity contribution in [2.24, 2.45) is 56.4 Å². The van der Waals surface area contributed by atoms with E-state index >= 15 is 0 Å². The first-order valence-electron chi connectivity index (χ1n) is 25.5. The quantitative estimate of drug-likeness (QED) is 0.0824. The first kappa shape index (κ1) is 51.3. The molecule has 9 nitrogen and oxygen atoms in total. The molecule has 2 N–H and O–H groups in total. The molecule has 1 aliphatic carbocycles. The molecule has 67 heavy (non-hydrogen) atoms. The summed E-state index contributed by atoms with van der Waals surface area (Å²) in [4.78, 5) is 43.2. The molecule has 0 aromatic carbocycles. The maximum absolute atomic E-state index is 14.2. The largest absolute Gasteiger partial charge is 0.510 e. The van der Waals surface area contributed by atoms with Crippen molar-refractivity contribution >= 4 is 29.1 Å². The van der Waals surface area contributed by atoms with Crippen LogP contribution in [0.1, 0.15) is 160 Å². The van der Waals surface area contributed by atoms with E-state index < -0.39 is 11.9 Å². The molecule has 1 fully saturated rings. The van der Waals surface area contributed by atoms with Gasteiger partial charge in [-0.25, -0.2) is 15.0 Å². The lowest BCUT2D eigenvalue weighted by atomic mass is 9.84. The number of hydrogen-bond acceptors (Lipinski definition) is 9. The number of aliphatic hydroxyl groups excluding tert-OH is 1. The van der Waals surface area contributed by atoms with E-state index in [-0.39, 0.29) is 49.1 Å². The smallest absolute Gasteiger partial charge is 0.321 e. The van der Waals surface area contributed by atoms with E-state index in [0.29, 0.717) is 29.0 Å². The van der Waals surface area contributed by atoms with Gasteiger partial charge in [0.05, 0.1) is 40.8 Å². The summed E-state index contributed by atoms with van der Waals surface area (Å²) in [5.41, 5.74) is 13.4. The summed E-state index contributed by atoms with van der Waals surface area (Å²) in [5.74, 6) is 0.134. The topological polar surface area (TPSA) is 122 Å². The molecule has 0 amide bonds. The number of hydrogen-bond donors (Lipinski definition) is 2. The van der Waals surface area contributed by atoms with Gasteiger partial charge in [-0.3, -0.25) is 9.59 Å². The molecule has 5 atom stereocenters. The van der Waals surface area contributed by atoms with Crippen molar-refractivity contribution in [2.75, 3.05) is 13.2 Å². The molecule has 8 bridgehead atoms. The highest BCUT2D eigenvalue weighted by Crippen LogP contribution is 2.49. The zero-order valence-electron chi connectivity index (χ0n) is 43.0. The highest BCUT2D eigenvalue weighted by Gasteiger charge is 2.49. The predicted octanol–water partition coefficient (Wildman–Crippen LogP) is 14.0. The summed E-state index contributed by atoms with van der Waals surface area (Å²) in [6.07, 6.45) is 22.7. The normalized spacial score (nSPS) is 22.4. The van der Waals surface area contributed by atoms with E-state index in [1.807, 2.05) is 45.1 Å². The van der Waals surface area contributed by atoms with Gasteiger partial charge in [0.15, 0.2) is 0 Å². The van der Waals surface area contributed by atoms with Gasteiger partial charge in [-0.15, -0.1) is 0 Å². The Balaban J connectivity index is 1.23. The monoisotopic (exact) mass is 913 g/mol. The minimum absolute atomic E-state index is 0.0681. The second kappa shape index (κ2) is 22.8. The summed E-state index contributed by atoms with van der Waals surface area (Å²) < 4.78 is 11.7. The van der Waals surface area contributed by atoms with Gasteiger partial charge in [-0.1, -0.05) is 119 Å². The molecular formula is C58H80N4O5. The van der Waals surface area contributed by atoms with Crippen LogP contribution in [0.2, 0.25) is 0 Å². The van der Waals surface area contributed by atoms with Crippen LogP contribution in [-0.4, -0.2) is 47.4 Å². The van der Waals surface area contributed by atoms with E-state index in [9.17, 15) is 14.7 Å². The third-order valence-corrected chi connectivity index (χ3v) is 14.7. The summed E-state index contributed by atoms with van der Waals surface area (Å²) in [7, 11) is 0. The number of ether oxygens (including phenoxy) is 2. The van der Waals surface area contributed by atoms with Crippen molar-refractivity contribution in [1.82, 2.24) is 5.32 Å². The Kier molecular flexibility index (Phi) is 17.5. The molecule has 6 aliphatic rings. The van der Waals surface area contributed by atoms with E-state index in [1.165, 1.54) is 50.5 Å². The Morgan fingerprint density at radius 3 is 2.13 bits per heavy atom. The Hall–Kier alpha value is -5.05. The van der Waals surface area contributed by atoms with Gasteiger partial charge in [0.1, 0.15) is 18.3 Å². The minimum atomic E-state index is -1.08. The average Bonchev–Trinajstić information content (AvgIpc) is 4.02. The fraction of sp³-hybridized carbons (Fsp3) is 0.569. The van der Waals surface area contributed by atoms with Crippen molar-refractivity contribution in [3.63, 3.8) is 0 Å². The summed E-state index contributed by atoms with van der Waals surface area (Å²) in [5, 5.41) is 15.9. The Labute approximate surface area is 402 Å². The third-order valence-electron chi connectivity index (χ3n) is 14.7. The predicted molar refractivity (Wildman–Crippen MR) is 276 cm³/mol. The number of carbonyl (C=O) groups is 2. The molecule has 0 aromatic heterocycles. The number of aliphatic imine (C=N–C) groups is 3. The number of nitrogens with zero attached hydrogens (tertiary/aromatic N) is 3. The molecule has 1 saturated heterocycles. The number of fused-ring (bicyclic) bond motifs is 5. The Morgan fingerprint density at radius 2 is 1.48 bits per heavy atom. The van der Waals surface area contributed by atoms with Crippen molar-refractivity contribution in [3.8, 4) is 0 Å². The van der Waals surface area contributed by atoms with Crippen molar-refractivity contribution in [1.29, 1.82) is 0 Å². The number of aliphatic hydroxyl groups is 1. The van der Waals surface area contributed by atoms with Crippen LogP contribution in [0.15, 0.2) is 131 Å². The number of carbonyl (C=O) groups excluding carboxylic acids is 2. The molecule has 5 heterocycles.